The van der Waals surface area contributed by atoms with Crippen molar-refractivity contribution < 1.29 is 62.5 Å². The van der Waals surface area contributed by atoms with Crippen LogP contribution in [0.4, 0.5) is 9.59 Å². The molecule has 93 heavy (non-hydrogen) atoms. The smallest absolute Gasteiger partial charge is 0.407 e. The first-order chi connectivity index (χ1) is 44.4. The molecule has 2 aromatic carbocycles. The predicted molar refractivity (Wildman–Crippen MR) is 355 cm³/mol. The molecular formula is C65H111N15O13. The van der Waals surface area contributed by atoms with E-state index in [0.717, 1.165) is 12.8 Å². The molecule has 10 atom stereocenters. The lowest BCUT2D eigenvalue weighted by Crippen LogP contribution is -2.61. The third kappa shape index (κ3) is 33.3. The van der Waals surface area contributed by atoms with Gasteiger partial charge in [0.1, 0.15) is 61.5 Å². The van der Waals surface area contributed by atoms with E-state index in [9.17, 15) is 53.1 Å². The number of carboxylic acids is 1. The highest BCUT2D eigenvalue weighted by atomic mass is 16.6. The van der Waals surface area contributed by atoms with Crippen molar-refractivity contribution in [1.29, 1.82) is 0 Å². The van der Waals surface area contributed by atoms with Gasteiger partial charge >= 0.3 is 18.2 Å². The summed E-state index contributed by atoms with van der Waals surface area (Å²) in [4.78, 5) is 139. The highest BCUT2D eigenvalue weighted by molar-refractivity contribution is 5.98. The van der Waals surface area contributed by atoms with Gasteiger partial charge in [0.05, 0.1) is 6.04 Å². The fourth-order valence-corrected chi connectivity index (χ4v) is 9.94. The minimum Gasteiger partial charge on any atom is -0.480 e. The van der Waals surface area contributed by atoms with Crippen LogP contribution in [0.15, 0.2) is 60.7 Å². The van der Waals surface area contributed by atoms with Crippen LogP contribution >= 0.6 is 0 Å². The first-order valence-electron chi connectivity index (χ1n) is 32.9. The maximum absolute atomic E-state index is 14.7. The summed E-state index contributed by atoms with van der Waals surface area (Å²) < 4.78 is 10.9. The maximum atomic E-state index is 14.7. The van der Waals surface area contributed by atoms with Crippen molar-refractivity contribution >= 4 is 59.5 Å². The second-order valence-corrected chi connectivity index (χ2v) is 24.6. The Morgan fingerprint density at radius 1 is 0.366 bits per heavy atom. The van der Waals surface area contributed by atoms with Gasteiger partial charge in [-0.15, -0.1) is 0 Å². The van der Waals surface area contributed by atoms with Crippen LogP contribution in [0.25, 0.3) is 0 Å². The Balaban J connectivity index is 2.40. The summed E-state index contributed by atoms with van der Waals surface area (Å²) in [5.74, 6) is -8.22. The number of aliphatic carboxylic acids is 1. The summed E-state index contributed by atoms with van der Waals surface area (Å²) in [6.07, 6.45) is 4.91. The van der Waals surface area contributed by atoms with Crippen LogP contribution in [0.5, 0.6) is 0 Å². The summed E-state index contributed by atoms with van der Waals surface area (Å²) in [5.41, 5.74) is 36.0. The summed E-state index contributed by atoms with van der Waals surface area (Å²) >= 11 is 0. The normalized spacial score (nSPS) is 14.5. The molecule has 0 aliphatic carbocycles. The first-order valence-corrected chi connectivity index (χ1v) is 32.9. The van der Waals surface area contributed by atoms with Gasteiger partial charge in [-0.3, -0.25) is 33.6 Å². The molecule has 0 fully saturated rings. The van der Waals surface area contributed by atoms with Gasteiger partial charge in [0.15, 0.2) is 0 Å². The monoisotopic (exact) mass is 1310 g/mol. The van der Waals surface area contributed by atoms with Crippen molar-refractivity contribution in [1.82, 2.24) is 47.9 Å². The average molecular weight is 1310 g/mol. The van der Waals surface area contributed by atoms with E-state index >= 15 is 0 Å². The Labute approximate surface area is 548 Å². The molecule has 0 aliphatic heterocycles. The molecule has 0 bridgehead atoms. The lowest BCUT2D eigenvalue weighted by molar-refractivity contribution is -0.142. The van der Waals surface area contributed by atoms with Crippen LogP contribution in [0.3, 0.4) is 0 Å². The molecule has 0 saturated carbocycles. The topological polar surface area (TPSA) is 474 Å². The zero-order chi connectivity index (χ0) is 69.3. The second kappa shape index (κ2) is 46.6. The Morgan fingerprint density at radius 3 is 1.11 bits per heavy atom. The Morgan fingerprint density at radius 2 is 0.677 bits per heavy atom. The Hall–Kier alpha value is -7.50. The first kappa shape index (κ1) is 81.6. The number of hydrogen-bond donors (Lipinski definition) is 16. The fourth-order valence-electron chi connectivity index (χ4n) is 9.94. The molecule has 524 valence electrons. The number of unbranched alkanes of at least 4 members (excludes halogenated alkanes) is 5. The molecule has 2 aromatic rings. The van der Waals surface area contributed by atoms with Gasteiger partial charge in [-0.1, -0.05) is 115 Å². The van der Waals surface area contributed by atoms with Gasteiger partial charge in [0.2, 0.25) is 41.4 Å². The van der Waals surface area contributed by atoms with Crippen LogP contribution in [-0.4, -0.2) is 171 Å². The molecule has 9 amide bonds. The van der Waals surface area contributed by atoms with E-state index in [-0.39, 0.29) is 64.4 Å². The number of benzene rings is 2. The number of rotatable bonds is 48. The van der Waals surface area contributed by atoms with Crippen molar-refractivity contribution in [2.75, 3.05) is 45.9 Å². The summed E-state index contributed by atoms with van der Waals surface area (Å²) in [7, 11) is 0. The number of carbonyl (C=O) groups excluding carboxylic acids is 9. The highest BCUT2D eigenvalue weighted by Gasteiger charge is 2.37. The SMILES string of the molecule is CC(C)[C@H](NC(=O)OCC(CCCCN)NC(=O)OCC(N)CCCCN)C(=O)N[C@H](C(=O)N[C@@H](Cc1ccccc1)C(=O)N[C@@H](CCCCN)C(=O)N[C@H](C(=O)N[C@@H](CCCCN)C(=O)N[C@@H](Cc1ccccc1)C(=O)N[C@@H](CCCCN)C(=O)O)C(C)C)C(C)C. The zero-order valence-electron chi connectivity index (χ0n) is 55.6. The predicted octanol–water partition coefficient (Wildman–Crippen LogP) is 1.08. The van der Waals surface area contributed by atoms with E-state index in [4.69, 9.17) is 43.9 Å². The van der Waals surface area contributed by atoms with Crippen molar-refractivity contribution in [3.05, 3.63) is 71.8 Å². The van der Waals surface area contributed by atoms with E-state index in [0.29, 0.717) is 95.0 Å². The Bertz CT molecular complexity index is 2550. The van der Waals surface area contributed by atoms with Crippen LogP contribution in [0.2, 0.25) is 0 Å². The molecule has 22 N–H and O–H groups in total. The van der Waals surface area contributed by atoms with E-state index in [1.54, 1.807) is 102 Å². The van der Waals surface area contributed by atoms with Gasteiger partial charge in [-0.25, -0.2) is 14.4 Å². The van der Waals surface area contributed by atoms with Crippen LogP contribution < -0.4 is 82.3 Å². The molecule has 2 rings (SSSR count). The van der Waals surface area contributed by atoms with Gasteiger partial charge in [0.25, 0.3) is 0 Å². The molecule has 0 radical (unpaired) electrons. The minimum atomic E-state index is -1.34. The molecular weight excluding hydrogens is 1200 g/mol. The van der Waals surface area contributed by atoms with Crippen molar-refractivity contribution in [2.24, 2.45) is 52.2 Å². The summed E-state index contributed by atoms with van der Waals surface area (Å²) in [5, 5.41) is 34.5. The van der Waals surface area contributed by atoms with Gasteiger partial charge < -0.3 is 96.8 Å². The standard InChI is InChI=1S/C65H111N15O13/c1-41(2)53(60(85)74-48(29-15-20-34-68)56(81)76-51(37-44-23-9-7-10-24-44)59(84)75-50(63(88)89)31-17-22-36-70)78-57(82)49(30-16-21-35-69)73-58(83)52(38-45-25-11-8-12-26-45)77-61(86)54(42(3)4)79-62(87)55(43(5)6)80-65(91)93-40-47(28-14-19-33-67)72-64(90)92-39-46(71)27-13-18-32-66/h7-12,23-26,41-43,46-55H,13-22,27-40,66-71H2,1-6H3,(H,72,90)(H,73,83)(H,74,85)(H,75,84)(H,76,81)(H,77,86)(H,78,82)(H,79,87)(H,80,91)(H,88,89)/t46?,47?,48-,49-,50-,51-,52-,53-,54-,55-/m0/s1. The van der Waals surface area contributed by atoms with Gasteiger partial charge in [-0.05, 0) is 145 Å². The van der Waals surface area contributed by atoms with Gasteiger partial charge in [-0.2, -0.15) is 0 Å². The lowest BCUT2D eigenvalue weighted by Gasteiger charge is -2.30. The van der Waals surface area contributed by atoms with Crippen LogP contribution in [0.1, 0.15) is 149 Å². The molecule has 0 aliphatic rings. The zero-order valence-corrected chi connectivity index (χ0v) is 55.6. The molecule has 2 unspecified atom stereocenters. The Kier molecular flexibility index (Phi) is 40.8. The molecule has 28 heteroatoms. The third-order valence-corrected chi connectivity index (χ3v) is 15.5. The number of nitrogens with one attached hydrogen (secondary N) is 9. The van der Waals surface area contributed by atoms with E-state index < -0.39 is 132 Å². The molecule has 0 heterocycles. The minimum absolute atomic E-state index is 0.0187. The number of carboxylic acid groups (broad SMARTS) is 1. The number of carbonyl (C=O) groups is 10. The number of nitrogens with two attached hydrogens (primary N) is 6. The molecule has 28 nitrogen and oxygen atoms in total. The van der Waals surface area contributed by atoms with Crippen molar-refractivity contribution in [3.63, 3.8) is 0 Å². The molecule has 0 aromatic heterocycles. The van der Waals surface area contributed by atoms with E-state index in [1.807, 2.05) is 0 Å². The van der Waals surface area contributed by atoms with Crippen molar-refractivity contribution in [3.8, 4) is 0 Å². The number of alkyl carbamates (subject to hydrolysis) is 2. The number of amides is 9. The van der Waals surface area contributed by atoms with Crippen LogP contribution in [0, 0.1) is 17.8 Å². The molecule has 0 spiro atoms. The lowest BCUT2D eigenvalue weighted by atomic mass is 9.98. The van der Waals surface area contributed by atoms with Crippen LogP contribution in [-0.2, 0) is 60.7 Å². The fraction of sp³-hybridized carbons (Fsp3) is 0.662. The maximum Gasteiger partial charge on any atom is 0.407 e. The number of hydrogen-bond acceptors (Lipinski definition) is 18. The van der Waals surface area contributed by atoms with Crippen molar-refractivity contribution in [2.45, 2.75) is 211 Å². The molecule has 0 saturated heterocycles. The summed E-state index contributed by atoms with van der Waals surface area (Å²) in [6.45, 7) is 11.6. The van der Waals surface area contributed by atoms with E-state index in [2.05, 4.69) is 47.9 Å². The average Bonchev–Trinajstić information content (AvgIpc) is 1.02. The quantitative estimate of drug-likeness (QED) is 0.0412. The highest BCUT2D eigenvalue weighted by Crippen LogP contribution is 2.15. The number of ether oxygens (including phenoxy) is 2. The third-order valence-electron chi connectivity index (χ3n) is 15.5. The largest absolute Gasteiger partial charge is 0.480 e. The van der Waals surface area contributed by atoms with Gasteiger partial charge in [0, 0.05) is 18.9 Å². The summed E-state index contributed by atoms with van der Waals surface area (Å²) in [6, 6.07) is 6.32. The van der Waals surface area contributed by atoms with E-state index in [1.165, 1.54) is 0 Å². The second-order valence-electron chi connectivity index (χ2n) is 24.6.